The zero-order chi connectivity index (χ0) is 14.1. The molecule has 1 fully saturated rings. The van der Waals surface area contributed by atoms with Crippen LogP contribution in [0.15, 0.2) is 5.38 Å². The minimum Gasteiger partial charge on any atom is -0.316 e. The molecule has 1 aliphatic heterocycles. The summed E-state index contributed by atoms with van der Waals surface area (Å²) >= 11 is 1.50. The topological polar surface area (TPSA) is 54.0 Å². The van der Waals surface area contributed by atoms with Crippen molar-refractivity contribution >= 4 is 22.4 Å². The number of amides is 1. The van der Waals surface area contributed by atoms with Crippen molar-refractivity contribution in [1.29, 1.82) is 0 Å². The van der Waals surface area contributed by atoms with E-state index in [9.17, 15) is 4.79 Å². The molecule has 2 rings (SSSR count). The van der Waals surface area contributed by atoms with E-state index in [4.69, 9.17) is 0 Å². The number of carbonyl (C=O) groups is 1. The second-order valence-corrected chi connectivity index (χ2v) is 7.44. The third-order valence-corrected chi connectivity index (χ3v) is 4.40. The summed E-state index contributed by atoms with van der Waals surface area (Å²) in [5.74, 6) is 0.0782. The van der Waals surface area contributed by atoms with Crippen LogP contribution in [0.5, 0.6) is 0 Å². The summed E-state index contributed by atoms with van der Waals surface area (Å²) in [6.45, 7) is 10.2. The molecule has 1 atom stereocenters. The van der Waals surface area contributed by atoms with Gasteiger partial charge in [0, 0.05) is 17.3 Å². The molecule has 1 aliphatic rings. The van der Waals surface area contributed by atoms with Crippen LogP contribution in [0.2, 0.25) is 0 Å². The van der Waals surface area contributed by atoms with Gasteiger partial charge in [-0.2, -0.15) is 0 Å². The maximum atomic E-state index is 12.4. The third-order valence-electron chi connectivity index (χ3n) is 3.64. The van der Waals surface area contributed by atoms with Crippen molar-refractivity contribution in [2.75, 3.05) is 18.4 Å². The fourth-order valence-electron chi connectivity index (χ4n) is 2.17. The van der Waals surface area contributed by atoms with Gasteiger partial charge in [0.05, 0.1) is 11.1 Å². The van der Waals surface area contributed by atoms with E-state index in [0.717, 1.165) is 31.6 Å². The first-order valence-corrected chi connectivity index (χ1v) is 7.67. The Balaban J connectivity index is 2.04. The zero-order valence-corrected chi connectivity index (χ0v) is 13.0. The van der Waals surface area contributed by atoms with E-state index >= 15 is 0 Å². The van der Waals surface area contributed by atoms with Gasteiger partial charge in [-0.3, -0.25) is 4.79 Å². The molecule has 0 radical (unpaired) electrons. The van der Waals surface area contributed by atoms with Crippen LogP contribution in [0.3, 0.4) is 0 Å². The maximum absolute atomic E-state index is 12.4. The number of piperidine rings is 1. The molecule has 1 unspecified atom stereocenters. The molecule has 2 heterocycles. The minimum atomic E-state index is -0.314. The van der Waals surface area contributed by atoms with E-state index in [1.54, 1.807) is 0 Å². The van der Waals surface area contributed by atoms with Gasteiger partial charge >= 0.3 is 0 Å². The molecular formula is C14H23N3OS. The van der Waals surface area contributed by atoms with Crippen LogP contribution in [0.25, 0.3) is 0 Å². The fourth-order valence-corrected chi connectivity index (χ4v) is 3.11. The standard InChI is InChI=1S/C14H23N3OS/c1-13(2,3)10-8-19-12(16-10)17-11(18)14(4)6-5-7-15-9-14/h8,15H,5-7,9H2,1-4H3,(H,16,17,18). The first-order valence-electron chi connectivity index (χ1n) is 6.79. The Hall–Kier alpha value is -0.940. The highest BCUT2D eigenvalue weighted by Crippen LogP contribution is 2.30. The maximum Gasteiger partial charge on any atom is 0.233 e. The van der Waals surface area contributed by atoms with Gasteiger partial charge in [0.1, 0.15) is 0 Å². The Labute approximate surface area is 119 Å². The Bertz CT molecular complexity index is 456. The average molecular weight is 281 g/mol. The van der Waals surface area contributed by atoms with Gasteiger partial charge in [0.2, 0.25) is 5.91 Å². The third kappa shape index (κ3) is 3.34. The summed E-state index contributed by atoms with van der Waals surface area (Å²) in [5, 5.41) is 9.00. The molecule has 4 nitrogen and oxygen atoms in total. The number of carbonyl (C=O) groups excluding carboxylic acids is 1. The molecule has 2 N–H and O–H groups in total. The van der Waals surface area contributed by atoms with Gasteiger partial charge < -0.3 is 10.6 Å². The van der Waals surface area contributed by atoms with E-state index in [2.05, 4.69) is 36.4 Å². The second kappa shape index (κ2) is 5.21. The number of hydrogen-bond acceptors (Lipinski definition) is 4. The lowest BCUT2D eigenvalue weighted by atomic mass is 9.82. The lowest BCUT2D eigenvalue weighted by Crippen LogP contribution is -2.46. The van der Waals surface area contributed by atoms with Crippen molar-refractivity contribution < 1.29 is 4.79 Å². The highest BCUT2D eigenvalue weighted by molar-refractivity contribution is 7.13. The monoisotopic (exact) mass is 281 g/mol. The second-order valence-electron chi connectivity index (χ2n) is 6.58. The summed E-state index contributed by atoms with van der Waals surface area (Å²) < 4.78 is 0. The van der Waals surface area contributed by atoms with Crippen LogP contribution in [-0.2, 0) is 10.2 Å². The van der Waals surface area contributed by atoms with Crippen molar-refractivity contribution in [2.45, 2.75) is 46.0 Å². The highest BCUT2D eigenvalue weighted by Gasteiger charge is 2.35. The van der Waals surface area contributed by atoms with Crippen LogP contribution in [0.1, 0.15) is 46.2 Å². The largest absolute Gasteiger partial charge is 0.316 e. The number of nitrogens with one attached hydrogen (secondary N) is 2. The lowest BCUT2D eigenvalue weighted by Gasteiger charge is -2.32. The van der Waals surface area contributed by atoms with Gasteiger partial charge in [0.15, 0.2) is 5.13 Å². The van der Waals surface area contributed by atoms with Gasteiger partial charge in [0.25, 0.3) is 0 Å². The predicted molar refractivity (Wildman–Crippen MR) is 79.7 cm³/mol. The van der Waals surface area contributed by atoms with Crippen molar-refractivity contribution in [3.63, 3.8) is 0 Å². The van der Waals surface area contributed by atoms with Gasteiger partial charge in [-0.15, -0.1) is 11.3 Å². The smallest absolute Gasteiger partial charge is 0.233 e. The molecule has 19 heavy (non-hydrogen) atoms. The first kappa shape index (κ1) is 14.5. The molecule has 0 aliphatic carbocycles. The van der Waals surface area contributed by atoms with Gasteiger partial charge in [-0.25, -0.2) is 4.98 Å². The molecule has 5 heteroatoms. The quantitative estimate of drug-likeness (QED) is 0.876. The zero-order valence-electron chi connectivity index (χ0n) is 12.2. The molecule has 1 amide bonds. The Morgan fingerprint density at radius 2 is 2.26 bits per heavy atom. The van der Waals surface area contributed by atoms with E-state index in [1.165, 1.54) is 11.3 Å². The molecule has 1 aromatic rings. The van der Waals surface area contributed by atoms with Crippen LogP contribution < -0.4 is 10.6 Å². The molecule has 1 aromatic heterocycles. The van der Waals surface area contributed by atoms with Crippen LogP contribution >= 0.6 is 11.3 Å². The van der Waals surface area contributed by atoms with Crippen LogP contribution in [-0.4, -0.2) is 24.0 Å². The molecule has 0 aromatic carbocycles. The van der Waals surface area contributed by atoms with E-state index in [0.29, 0.717) is 5.13 Å². The summed E-state index contributed by atoms with van der Waals surface area (Å²) in [5.41, 5.74) is 0.737. The van der Waals surface area contributed by atoms with Gasteiger partial charge in [-0.05, 0) is 26.3 Å². The van der Waals surface area contributed by atoms with E-state index < -0.39 is 0 Å². The molecule has 0 saturated carbocycles. The van der Waals surface area contributed by atoms with Crippen LogP contribution in [0, 0.1) is 5.41 Å². The molecule has 106 valence electrons. The minimum absolute atomic E-state index is 0.0236. The number of aromatic nitrogens is 1. The summed E-state index contributed by atoms with van der Waals surface area (Å²) in [7, 11) is 0. The normalized spacial score (nSPS) is 24.2. The number of rotatable bonds is 2. The van der Waals surface area contributed by atoms with Crippen molar-refractivity contribution in [2.24, 2.45) is 5.41 Å². The van der Waals surface area contributed by atoms with Crippen molar-refractivity contribution in [1.82, 2.24) is 10.3 Å². The number of hydrogen-bond donors (Lipinski definition) is 2. The number of anilines is 1. The summed E-state index contributed by atoms with van der Waals surface area (Å²) in [6, 6.07) is 0. The molecular weight excluding hydrogens is 258 g/mol. The molecule has 0 bridgehead atoms. The lowest BCUT2D eigenvalue weighted by molar-refractivity contribution is -0.125. The average Bonchev–Trinajstić information content (AvgIpc) is 2.78. The summed E-state index contributed by atoms with van der Waals surface area (Å²) in [6.07, 6.45) is 1.98. The first-order chi connectivity index (χ1) is 8.81. The fraction of sp³-hybridized carbons (Fsp3) is 0.714. The Morgan fingerprint density at radius 3 is 2.79 bits per heavy atom. The SMILES string of the molecule is CC1(C(=O)Nc2nc(C(C)(C)C)cs2)CCCNC1. The Kier molecular flexibility index (Phi) is 3.97. The van der Waals surface area contributed by atoms with Crippen LogP contribution in [0.4, 0.5) is 5.13 Å². The van der Waals surface area contributed by atoms with Crippen molar-refractivity contribution in [3.05, 3.63) is 11.1 Å². The summed E-state index contributed by atoms with van der Waals surface area (Å²) in [4.78, 5) is 16.9. The molecule has 1 saturated heterocycles. The predicted octanol–water partition coefficient (Wildman–Crippen LogP) is 2.77. The van der Waals surface area contributed by atoms with E-state index in [-0.39, 0.29) is 16.7 Å². The van der Waals surface area contributed by atoms with Crippen molar-refractivity contribution in [3.8, 4) is 0 Å². The number of thiazole rings is 1. The number of nitrogens with zero attached hydrogens (tertiary/aromatic N) is 1. The Morgan fingerprint density at radius 1 is 1.53 bits per heavy atom. The van der Waals surface area contributed by atoms with E-state index in [1.807, 2.05) is 12.3 Å². The molecule has 0 spiro atoms. The van der Waals surface area contributed by atoms with Gasteiger partial charge in [-0.1, -0.05) is 20.8 Å². The highest BCUT2D eigenvalue weighted by atomic mass is 32.1.